The Morgan fingerprint density at radius 1 is 1.28 bits per heavy atom. The molecule has 1 heterocycles. The van der Waals surface area contributed by atoms with E-state index in [9.17, 15) is 17.8 Å². The number of hydrogen-bond acceptors (Lipinski definition) is 7. The van der Waals surface area contributed by atoms with E-state index in [1.165, 1.54) is 6.07 Å². The van der Waals surface area contributed by atoms with Gasteiger partial charge in [-0.1, -0.05) is 6.07 Å². The molecule has 0 saturated carbocycles. The Balaban J connectivity index is 0.00000312. The SMILES string of the molecule is Cc1cc(C)cc(OCC(=O)N/N=C/c2ccc(S(=O)(=O)[O-])o2)c1.[Na+]. The molecular formula is C15H15N2NaO6S. The van der Waals surface area contributed by atoms with E-state index in [1.54, 1.807) is 12.1 Å². The molecule has 0 atom stereocenters. The van der Waals surface area contributed by atoms with E-state index in [4.69, 9.17) is 9.15 Å². The van der Waals surface area contributed by atoms with Gasteiger partial charge in [0.15, 0.2) is 16.7 Å². The number of amides is 1. The molecule has 2 rings (SSSR count). The third-order valence-electron chi connectivity index (χ3n) is 2.79. The van der Waals surface area contributed by atoms with Gasteiger partial charge >= 0.3 is 29.6 Å². The van der Waals surface area contributed by atoms with Crippen LogP contribution >= 0.6 is 0 Å². The van der Waals surface area contributed by atoms with Crippen molar-refractivity contribution >= 4 is 22.2 Å². The first kappa shape index (κ1) is 21.4. The molecule has 25 heavy (non-hydrogen) atoms. The molecule has 0 radical (unpaired) electrons. The maximum atomic E-state index is 11.6. The first-order valence-corrected chi connectivity index (χ1v) is 8.23. The Hall–Kier alpha value is -1.65. The van der Waals surface area contributed by atoms with Crippen LogP contribution in [0.15, 0.2) is 44.9 Å². The predicted molar refractivity (Wildman–Crippen MR) is 83.8 cm³/mol. The van der Waals surface area contributed by atoms with Gasteiger partial charge in [-0.2, -0.15) is 5.10 Å². The molecule has 2 aromatic rings. The molecular weight excluding hydrogens is 359 g/mol. The van der Waals surface area contributed by atoms with E-state index < -0.39 is 21.1 Å². The van der Waals surface area contributed by atoms with Crippen molar-refractivity contribution in [3.8, 4) is 5.75 Å². The van der Waals surface area contributed by atoms with Crippen molar-refractivity contribution in [2.75, 3.05) is 6.61 Å². The Morgan fingerprint density at radius 3 is 2.48 bits per heavy atom. The zero-order valence-electron chi connectivity index (χ0n) is 14.0. The zero-order valence-corrected chi connectivity index (χ0v) is 16.8. The maximum absolute atomic E-state index is 11.6. The number of benzene rings is 1. The molecule has 0 aliphatic carbocycles. The van der Waals surface area contributed by atoms with E-state index in [1.807, 2.05) is 19.9 Å². The number of nitrogens with one attached hydrogen (secondary N) is 1. The molecule has 0 fully saturated rings. The van der Waals surface area contributed by atoms with Crippen LogP contribution < -0.4 is 39.7 Å². The monoisotopic (exact) mass is 374 g/mol. The fraction of sp³-hybridized carbons (Fsp3) is 0.200. The van der Waals surface area contributed by atoms with Crippen LogP contribution in [-0.4, -0.2) is 31.7 Å². The van der Waals surface area contributed by atoms with Gasteiger partial charge in [0, 0.05) is 0 Å². The minimum Gasteiger partial charge on any atom is -0.742 e. The topological polar surface area (TPSA) is 121 Å². The summed E-state index contributed by atoms with van der Waals surface area (Å²) < 4.78 is 42.3. The molecule has 128 valence electrons. The fourth-order valence-corrected chi connectivity index (χ4v) is 2.34. The number of ether oxygens (including phenoxy) is 1. The first-order chi connectivity index (χ1) is 11.2. The molecule has 0 aliphatic rings. The molecule has 0 bridgehead atoms. The quantitative estimate of drug-likeness (QED) is 0.279. The summed E-state index contributed by atoms with van der Waals surface area (Å²) in [5, 5.41) is 2.87. The van der Waals surface area contributed by atoms with Crippen LogP contribution in [0.2, 0.25) is 0 Å². The fourth-order valence-electron chi connectivity index (χ4n) is 1.90. The number of nitrogens with zero attached hydrogens (tertiary/aromatic N) is 1. The Kier molecular flexibility index (Phi) is 7.84. The van der Waals surface area contributed by atoms with Gasteiger partial charge < -0.3 is 13.7 Å². The van der Waals surface area contributed by atoms with Gasteiger partial charge in [0.2, 0.25) is 5.09 Å². The average Bonchev–Trinajstić information content (AvgIpc) is 2.93. The van der Waals surface area contributed by atoms with E-state index in [-0.39, 0.29) is 41.9 Å². The summed E-state index contributed by atoms with van der Waals surface area (Å²) >= 11 is 0. The normalized spacial score (nSPS) is 11.2. The second-order valence-corrected chi connectivity index (χ2v) is 6.33. The van der Waals surface area contributed by atoms with Gasteiger partial charge in [0.05, 0.1) is 6.21 Å². The third kappa shape index (κ3) is 7.00. The molecule has 1 aromatic carbocycles. The van der Waals surface area contributed by atoms with Crippen molar-refractivity contribution in [3.05, 3.63) is 47.2 Å². The Bertz CT molecular complexity index is 856. The van der Waals surface area contributed by atoms with Crippen LogP contribution in [0.3, 0.4) is 0 Å². The number of hydrazone groups is 1. The molecule has 0 saturated heterocycles. The second kappa shape index (κ2) is 9.16. The van der Waals surface area contributed by atoms with Crippen LogP contribution in [-0.2, 0) is 14.9 Å². The van der Waals surface area contributed by atoms with Crippen LogP contribution in [0.5, 0.6) is 5.75 Å². The smallest absolute Gasteiger partial charge is 0.742 e. The standard InChI is InChI=1S/C15H16N2O6S.Na/c1-10-5-11(2)7-13(6-10)22-9-14(18)17-16-8-12-3-4-15(23-12)24(19,20)21;/h3-8H,9H2,1-2H3,(H,17,18)(H,19,20,21);/q;+1/p-1/b16-8+;. The van der Waals surface area contributed by atoms with Crippen molar-refractivity contribution in [2.45, 2.75) is 18.9 Å². The van der Waals surface area contributed by atoms with E-state index in [0.29, 0.717) is 5.75 Å². The first-order valence-electron chi connectivity index (χ1n) is 6.83. The van der Waals surface area contributed by atoms with Gasteiger partial charge in [0.1, 0.15) is 11.5 Å². The van der Waals surface area contributed by atoms with Crippen molar-refractivity contribution in [1.82, 2.24) is 5.43 Å². The van der Waals surface area contributed by atoms with Crippen LogP contribution in [0, 0.1) is 13.8 Å². The van der Waals surface area contributed by atoms with Crippen molar-refractivity contribution < 1.29 is 56.5 Å². The molecule has 0 spiro atoms. The minimum absolute atomic E-state index is 0. The summed E-state index contributed by atoms with van der Waals surface area (Å²) in [6.07, 6.45) is 1.07. The Labute approximate surface area is 167 Å². The molecule has 10 heteroatoms. The number of hydrogen-bond donors (Lipinski definition) is 1. The summed E-state index contributed by atoms with van der Waals surface area (Å²) in [7, 11) is -4.66. The number of carbonyl (C=O) groups excluding carboxylic acids is 1. The minimum atomic E-state index is -4.66. The number of rotatable bonds is 6. The van der Waals surface area contributed by atoms with Crippen LogP contribution in [0.1, 0.15) is 16.9 Å². The van der Waals surface area contributed by atoms with Crippen LogP contribution in [0.4, 0.5) is 0 Å². The molecule has 1 N–H and O–H groups in total. The van der Waals surface area contributed by atoms with Gasteiger partial charge in [0.25, 0.3) is 5.91 Å². The van der Waals surface area contributed by atoms with Crippen molar-refractivity contribution in [2.24, 2.45) is 5.10 Å². The summed E-state index contributed by atoms with van der Waals surface area (Å²) in [4.78, 5) is 11.6. The number of furan rings is 1. The molecule has 8 nitrogen and oxygen atoms in total. The average molecular weight is 374 g/mol. The summed E-state index contributed by atoms with van der Waals surface area (Å²) in [6, 6.07) is 7.84. The Morgan fingerprint density at radius 2 is 1.92 bits per heavy atom. The van der Waals surface area contributed by atoms with Crippen molar-refractivity contribution in [3.63, 3.8) is 0 Å². The van der Waals surface area contributed by atoms with Gasteiger partial charge in [-0.3, -0.25) is 4.79 Å². The van der Waals surface area contributed by atoms with E-state index >= 15 is 0 Å². The van der Waals surface area contributed by atoms with Gasteiger partial charge in [-0.25, -0.2) is 13.8 Å². The number of carbonyl (C=O) groups is 1. The summed E-state index contributed by atoms with van der Waals surface area (Å²) in [5.41, 5.74) is 4.23. The largest absolute Gasteiger partial charge is 1.00 e. The molecule has 0 aliphatic heterocycles. The molecule has 0 unspecified atom stereocenters. The van der Waals surface area contributed by atoms with E-state index in [0.717, 1.165) is 23.4 Å². The van der Waals surface area contributed by atoms with Crippen molar-refractivity contribution in [1.29, 1.82) is 0 Å². The second-order valence-electron chi connectivity index (χ2n) is 5.02. The van der Waals surface area contributed by atoms with Gasteiger partial charge in [-0.15, -0.1) is 0 Å². The third-order valence-corrected chi connectivity index (χ3v) is 3.51. The summed E-state index contributed by atoms with van der Waals surface area (Å²) in [6.45, 7) is 3.60. The molecule has 1 aromatic heterocycles. The molecule has 1 amide bonds. The van der Waals surface area contributed by atoms with Gasteiger partial charge in [-0.05, 0) is 49.2 Å². The summed E-state index contributed by atoms with van der Waals surface area (Å²) in [5.74, 6) is 0.0801. The van der Waals surface area contributed by atoms with E-state index in [2.05, 4.69) is 10.5 Å². The maximum Gasteiger partial charge on any atom is 1.00 e. The predicted octanol–water partition coefficient (Wildman–Crippen LogP) is -1.67. The number of aryl methyl sites for hydroxylation is 2. The van der Waals surface area contributed by atoms with Crippen LogP contribution in [0.25, 0.3) is 0 Å². The zero-order chi connectivity index (χ0) is 17.7.